The highest BCUT2D eigenvalue weighted by atomic mass is 16.4. The van der Waals surface area contributed by atoms with Crippen LogP contribution in [0, 0.1) is 0 Å². The largest absolute Gasteiger partial charge is 0.481 e. The Bertz CT molecular complexity index is 757. The van der Waals surface area contributed by atoms with E-state index < -0.39 is 30.3 Å². The minimum Gasteiger partial charge on any atom is -0.481 e. The first-order valence-electron chi connectivity index (χ1n) is 6.42. The quantitative estimate of drug-likeness (QED) is 0.611. The Morgan fingerprint density at radius 3 is 2.45 bits per heavy atom. The monoisotopic (exact) mass is 302 g/mol. The molecular formula is C15H14N2O5. The number of rotatable bonds is 5. The normalized spacial score (nSPS) is 11.8. The van der Waals surface area contributed by atoms with Crippen LogP contribution in [0.15, 0.2) is 36.4 Å². The first-order chi connectivity index (χ1) is 10.4. The highest BCUT2D eigenvalue weighted by Gasteiger charge is 2.24. The minimum absolute atomic E-state index is 0.201. The van der Waals surface area contributed by atoms with Gasteiger partial charge in [-0.25, -0.2) is 4.79 Å². The Balaban J connectivity index is 2.36. The number of hydrogen-bond donors (Lipinski definition) is 4. The molecule has 0 spiro atoms. The van der Waals surface area contributed by atoms with Gasteiger partial charge in [-0.05, 0) is 22.9 Å². The summed E-state index contributed by atoms with van der Waals surface area (Å²) in [7, 11) is 0. The van der Waals surface area contributed by atoms with Crippen LogP contribution < -0.4 is 11.1 Å². The second-order valence-corrected chi connectivity index (χ2v) is 4.75. The van der Waals surface area contributed by atoms with E-state index in [9.17, 15) is 14.4 Å². The summed E-state index contributed by atoms with van der Waals surface area (Å²) in [6, 6.07) is 8.61. The first kappa shape index (κ1) is 15.3. The number of hydrogen-bond acceptors (Lipinski definition) is 4. The molecule has 0 saturated heterocycles. The lowest BCUT2D eigenvalue weighted by molar-refractivity contribution is -0.145. The molecule has 0 heterocycles. The van der Waals surface area contributed by atoms with Gasteiger partial charge < -0.3 is 21.3 Å². The van der Waals surface area contributed by atoms with Gasteiger partial charge in [-0.15, -0.1) is 0 Å². The number of fused-ring (bicyclic) bond motifs is 1. The van der Waals surface area contributed by atoms with Gasteiger partial charge in [0.25, 0.3) is 5.91 Å². The summed E-state index contributed by atoms with van der Waals surface area (Å²) >= 11 is 0. The molecule has 0 unspecified atom stereocenters. The maximum absolute atomic E-state index is 12.3. The number of nitrogens with two attached hydrogens (primary N) is 1. The summed E-state index contributed by atoms with van der Waals surface area (Å²) in [5.41, 5.74) is 6.30. The fourth-order valence-corrected chi connectivity index (χ4v) is 2.13. The molecule has 5 N–H and O–H groups in total. The zero-order valence-corrected chi connectivity index (χ0v) is 11.4. The molecule has 0 bridgehead atoms. The SMILES string of the molecule is Nc1cc(C(=O)N[C@@H](CC(=O)O)C(=O)O)c2ccccc2c1. The van der Waals surface area contributed by atoms with Gasteiger partial charge in [-0.3, -0.25) is 9.59 Å². The summed E-state index contributed by atoms with van der Waals surface area (Å²) in [6.45, 7) is 0. The maximum atomic E-state index is 12.3. The number of carboxylic acids is 2. The van der Waals surface area contributed by atoms with Crippen molar-refractivity contribution in [3.05, 3.63) is 42.0 Å². The summed E-state index contributed by atoms with van der Waals surface area (Å²) in [5, 5.41) is 21.2. The molecule has 114 valence electrons. The highest BCUT2D eigenvalue weighted by Crippen LogP contribution is 2.22. The van der Waals surface area contributed by atoms with Crippen LogP contribution in [0.2, 0.25) is 0 Å². The Morgan fingerprint density at radius 2 is 1.82 bits per heavy atom. The van der Waals surface area contributed by atoms with Gasteiger partial charge >= 0.3 is 11.9 Å². The van der Waals surface area contributed by atoms with Crippen LogP contribution in [0.4, 0.5) is 5.69 Å². The fraction of sp³-hybridized carbons (Fsp3) is 0.133. The first-order valence-corrected chi connectivity index (χ1v) is 6.42. The molecule has 7 nitrogen and oxygen atoms in total. The van der Waals surface area contributed by atoms with E-state index in [4.69, 9.17) is 15.9 Å². The second-order valence-electron chi connectivity index (χ2n) is 4.75. The summed E-state index contributed by atoms with van der Waals surface area (Å²) < 4.78 is 0. The minimum atomic E-state index is -1.51. The van der Waals surface area contributed by atoms with E-state index >= 15 is 0 Å². The van der Waals surface area contributed by atoms with E-state index in [0.717, 1.165) is 5.39 Å². The molecule has 0 aromatic heterocycles. The van der Waals surface area contributed by atoms with Crippen LogP contribution in [-0.4, -0.2) is 34.1 Å². The fourth-order valence-electron chi connectivity index (χ4n) is 2.13. The van der Waals surface area contributed by atoms with Crippen molar-refractivity contribution in [1.82, 2.24) is 5.32 Å². The molecular weight excluding hydrogens is 288 g/mol. The van der Waals surface area contributed by atoms with Crippen molar-refractivity contribution in [3.8, 4) is 0 Å². The zero-order valence-electron chi connectivity index (χ0n) is 11.4. The number of carbonyl (C=O) groups excluding carboxylic acids is 1. The van der Waals surface area contributed by atoms with Gasteiger partial charge in [-0.2, -0.15) is 0 Å². The van der Waals surface area contributed by atoms with Gasteiger partial charge in [0, 0.05) is 11.3 Å². The number of carbonyl (C=O) groups is 3. The molecule has 0 aliphatic heterocycles. The van der Waals surface area contributed by atoms with Crippen LogP contribution in [0.5, 0.6) is 0 Å². The third kappa shape index (κ3) is 3.32. The third-order valence-electron chi connectivity index (χ3n) is 3.11. The molecule has 7 heteroatoms. The molecule has 1 atom stereocenters. The Morgan fingerprint density at radius 1 is 1.14 bits per heavy atom. The van der Waals surface area contributed by atoms with Crippen LogP contribution in [0.25, 0.3) is 10.8 Å². The lowest BCUT2D eigenvalue weighted by Crippen LogP contribution is -2.42. The number of benzene rings is 2. The molecule has 2 aromatic rings. The molecule has 2 aromatic carbocycles. The Kier molecular flexibility index (Phi) is 4.26. The molecule has 1 amide bonds. The molecule has 22 heavy (non-hydrogen) atoms. The van der Waals surface area contributed by atoms with Crippen molar-refractivity contribution in [1.29, 1.82) is 0 Å². The average molecular weight is 302 g/mol. The van der Waals surface area contributed by atoms with Crippen LogP contribution in [0.3, 0.4) is 0 Å². The van der Waals surface area contributed by atoms with E-state index in [1.54, 1.807) is 30.3 Å². The second kappa shape index (κ2) is 6.13. The number of anilines is 1. The standard InChI is InChI=1S/C15H14N2O5/c16-9-5-8-3-1-2-4-10(8)11(6-9)14(20)17-12(15(21)22)7-13(18)19/h1-6,12H,7,16H2,(H,17,20)(H,18,19)(H,21,22)/t12-/m0/s1. The molecule has 0 aliphatic carbocycles. The topological polar surface area (TPSA) is 130 Å². The number of carboxylic acid groups (broad SMARTS) is 2. The van der Waals surface area contributed by atoms with Crippen LogP contribution in [0.1, 0.15) is 16.8 Å². The van der Waals surface area contributed by atoms with E-state index in [2.05, 4.69) is 5.32 Å². The smallest absolute Gasteiger partial charge is 0.326 e. The molecule has 0 aliphatic rings. The maximum Gasteiger partial charge on any atom is 0.326 e. The summed E-state index contributed by atoms with van der Waals surface area (Å²) in [5.74, 6) is -3.41. The van der Waals surface area contributed by atoms with E-state index in [0.29, 0.717) is 11.1 Å². The summed E-state index contributed by atoms with van der Waals surface area (Å²) in [4.78, 5) is 34.0. The molecule has 0 radical (unpaired) electrons. The van der Waals surface area contributed by atoms with E-state index in [1.807, 2.05) is 0 Å². The lowest BCUT2D eigenvalue weighted by Gasteiger charge is -2.14. The number of aliphatic carboxylic acids is 2. The third-order valence-corrected chi connectivity index (χ3v) is 3.11. The average Bonchev–Trinajstić information content (AvgIpc) is 2.44. The van der Waals surface area contributed by atoms with Gasteiger partial charge in [-0.1, -0.05) is 24.3 Å². The van der Waals surface area contributed by atoms with Crippen LogP contribution in [-0.2, 0) is 9.59 Å². The van der Waals surface area contributed by atoms with Crippen molar-refractivity contribution in [2.45, 2.75) is 12.5 Å². The van der Waals surface area contributed by atoms with Crippen molar-refractivity contribution >= 4 is 34.3 Å². The van der Waals surface area contributed by atoms with Gasteiger partial charge in [0.1, 0.15) is 6.04 Å². The summed E-state index contributed by atoms with van der Waals surface area (Å²) in [6.07, 6.45) is -0.707. The molecule has 2 rings (SSSR count). The molecule has 0 saturated carbocycles. The predicted octanol–water partition coefficient (Wildman–Crippen LogP) is 1.08. The molecule has 0 fully saturated rings. The number of nitrogen functional groups attached to an aromatic ring is 1. The lowest BCUT2D eigenvalue weighted by atomic mass is 10.0. The van der Waals surface area contributed by atoms with E-state index in [1.165, 1.54) is 6.07 Å². The van der Waals surface area contributed by atoms with Crippen molar-refractivity contribution < 1.29 is 24.6 Å². The van der Waals surface area contributed by atoms with Gasteiger partial charge in [0.05, 0.1) is 6.42 Å². The van der Waals surface area contributed by atoms with Gasteiger partial charge in [0.2, 0.25) is 0 Å². The zero-order chi connectivity index (χ0) is 16.3. The Hall–Kier alpha value is -3.09. The van der Waals surface area contributed by atoms with Gasteiger partial charge in [0.15, 0.2) is 0 Å². The van der Waals surface area contributed by atoms with Crippen molar-refractivity contribution in [2.75, 3.05) is 5.73 Å². The van der Waals surface area contributed by atoms with Crippen molar-refractivity contribution in [2.24, 2.45) is 0 Å². The number of amides is 1. The number of nitrogens with one attached hydrogen (secondary N) is 1. The van der Waals surface area contributed by atoms with E-state index in [-0.39, 0.29) is 5.56 Å². The Labute approximate surface area is 125 Å². The van der Waals surface area contributed by atoms with Crippen LogP contribution >= 0.6 is 0 Å². The predicted molar refractivity (Wildman–Crippen MR) is 79.5 cm³/mol. The van der Waals surface area contributed by atoms with Crippen molar-refractivity contribution in [3.63, 3.8) is 0 Å². The highest BCUT2D eigenvalue weighted by molar-refractivity contribution is 6.09.